The lowest BCUT2D eigenvalue weighted by Crippen LogP contribution is -2.40. The average molecular weight is 544 g/mol. The summed E-state index contributed by atoms with van der Waals surface area (Å²) in [5, 5.41) is 19.5. The number of amides is 1. The van der Waals surface area contributed by atoms with Gasteiger partial charge in [0.15, 0.2) is 0 Å². The van der Waals surface area contributed by atoms with Gasteiger partial charge < -0.3 is 20.5 Å². The summed E-state index contributed by atoms with van der Waals surface area (Å²) in [6.45, 7) is 3.65. The Labute approximate surface area is 232 Å². The molecule has 0 aromatic heterocycles. The van der Waals surface area contributed by atoms with Gasteiger partial charge in [0, 0.05) is 35.7 Å². The Morgan fingerprint density at radius 1 is 1.10 bits per heavy atom. The van der Waals surface area contributed by atoms with Crippen molar-refractivity contribution in [3.8, 4) is 28.3 Å². The predicted octanol–water partition coefficient (Wildman–Crippen LogP) is 5.61. The summed E-state index contributed by atoms with van der Waals surface area (Å²) >= 11 is 0. The molecular formula is C32H31F2N3O3. The maximum absolute atomic E-state index is 15.8. The van der Waals surface area contributed by atoms with Crippen molar-refractivity contribution < 1.29 is 23.4 Å². The van der Waals surface area contributed by atoms with Crippen molar-refractivity contribution in [2.75, 3.05) is 0 Å². The van der Waals surface area contributed by atoms with Crippen LogP contribution in [0.15, 0.2) is 48.5 Å². The fourth-order valence-electron chi connectivity index (χ4n) is 6.59. The van der Waals surface area contributed by atoms with E-state index in [2.05, 4.69) is 0 Å². The molecule has 0 saturated carbocycles. The molecule has 6 nitrogen and oxygen atoms in total. The van der Waals surface area contributed by atoms with Crippen molar-refractivity contribution >= 4 is 5.91 Å². The largest absolute Gasteiger partial charge is 0.390 e. The second-order valence-electron chi connectivity index (χ2n) is 11.8. The van der Waals surface area contributed by atoms with Crippen LogP contribution in [0.4, 0.5) is 8.78 Å². The van der Waals surface area contributed by atoms with E-state index < -0.39 is 23.3 Å². The van der Waals surface area contributed by atoms with Gasteiger partial charge in [-0.1, -0.05) is 12.1 Å². The molecular weight excluding hydrogens is 512 g/mol. The van der Waals surface area contributed by atoms with Crippen LogP contribution in [0, 0.1) is 23.0 Å². The second-order valence-corrected chi connectivity index (χ2v) is 11.8. The lowest BCUT2D eigenvalue weighted by Gasteiger charge is -2.24. The number of nitriles is 1. The fraction of sp³-hybridized carbons (Fsp3) is 0.375. The minimum atomic E-state index is -0.977. The summed E-state index contributed by atoms with van der Waals surface area (Å²) in [5.74, 6) is -1.31. The van der Waals surface area contributed by atoms with E-state index in [1.54, 1.807) is 44.2 Å². The van der Waals surface area contributed by atoms with E-state index >= 15 is 4.39 Å². The number of rotatable bonds is 5. The van der Waals surface area contributed by atoms with Crippen LogP contribution >= 0.6 is 0 Å². The Bertz CT molecular complexity index is 1560. The molecule has 2 bridgehead atoms. The molecule has 8 heteroatoms. The maximum atomic E-state index is 15.8. The molecule has 0 radical (unpaired) electrons. The predicted molar refractivity (Wildman–Crippen MR) is 146 cm³/mol. The lowest BCUT2D eigenvalue weighted by atomic mass is 9.88. The molecule has 0 spiro atoms. The van der Waals surface area contributed by atoms with Gasteiger partial charge in [-0.05, 0) is 97.3 Å². The number of hydrogen-bond acceptors (Lipinski definition) is 5. The van der Waals surface area contributed by atoms with Crippen molar-refractivity contribution in [1.82, 2.24) is 4.90 Å². The third-order valence-electron chi connectivity index (χ3n) is 8.48. The van der Waals surface area contributed by atoms with Gasteiger partial charge in [-0.15, -0.1) is 0 Å². The highest BCUT2D eigenvalue weighted by Crippen LogP contribution is 2.43. The summed E-state index contributed by atoms with van der Waals surface area (Å²) in [5.41, 5.74) is 8.83. The standard InChI is InChI=1S/C32H31F2N3O3/c1-32(2,39)14-30-24-13-27(34)25(10-20(24)16-40-30)22-7-5-18(31(38)37-21-6-8-29(37)28(36)12-21)9-23(22)17-3-4-19(15-35)26(33)11-17/h3-5,7,9-11,13,21,28-30,39H,6,8,12,14,16,36H2,1-2H3/t21-,28+,29+,30?/m1/s1. The maximum Gasteiger partial charge on any atom is 0.254 e. The number of hydrogen-bond donors (Lipinski definition) is 2. The summed E-state index contributed by atoms with van der Waals surface area (Å²) in [6.07, 6.45) is 2.48. The molecule has 2 saturated heterocycles. The number of nitrogens with two attached hydrogens (primary N) is 1. The van der Waals surface area contributed by atoms with E-state index in [1.807, 2.05) is 11.0 Å². The third-order valence-corrected chi connectivity index (χ3v) is 8.48. The van der Waals surface area contributed by atoms with E-state index in [4.69, 9.17) is 10.5 Å². The minimum Gasteiger partial charge on any atom is -0.390 e. The molecule has 206 valence electrons. The van der Waals surface area contributed by atoms with Crippen molar-refractivity contribution in [3.05, 3.63) is 82.4 Å². The van der Waals surface area contributed by atoms with Gasteiger partial charge in [-0.3, -0.25) is 4.79 Å². The molecule has 1 amide bonds. The molecule has 0 aliphatic carbocycles. The van der Waals surface area contributed by atoms with Crippen LogP contribution in [0.25, 0.3) is 22.3 Å². The van der Waals surface area contributed by atoms with Gasteiger partial charge in [0.2, 0.25) is 0 Å². The molecule has 2 fully saturated rings. The number of fused-ring (bicyclic) bond motifs is 3. The van der Waals surface area contributed by atoms with Crippen molar-refractivity contribution in [1.29, 1.82) is 5.26 Å². The third kappa shape index (κ3) is 4.58. The molecule has 1 unspecified atom stereocenters. The smallest absolute Gasteiger partial charge is 0.254 e. The summed E-state index contributed by atoms with van der Waals surface area (Å²) in [6, 6.07) is 14.4. The van der Waals surface area contributed by atoms with Gasteiger partial charge in [-0.25, -0.2) is 8.78 Å². The fourth-order valence-corrected chi connectivity index (χ4v) is 6.59. The number of benzene rings is 3. The Balaban J connectivity index is 1.45. The van der Waals surface area contributed by atoms with Crippen molar-refractivity contribution in [2.45, 2.75) is 76.0 Å². The van der Waals surface area contributed by atoms with Gasteiger partial charge in [0.05, 0.1) is 23.9 Å². The molecule has 3 aromatic rings. The van der Waals surface area contributed by atoms with E-state index in [0.29, 0.717) is 39.8 Å². The SMILES string of the molecule is CC(C)(O)CC1OCc2cc(-c3ccc(C(=O)N4[C@@H]5CC[C@H]4[C@@H](N)C5)cc3-c3ccc(C#N)c(F)c3)c(F)cc21. The Kier molecular flexibility index (Phi) is 6.49. The highest BCUT2D eigenvalue weighted by atomic mass is 19.1. The van der Waals surface area contributed by atoms with Crippen LogP contribution < -0.4 is 5.73 Å². The van der Waals surface area contributed by atoms with Crippen LogP contribution in [0.5, 0.6) is 0 Å². The first-order valence-electron chi connectivity index (χ1n) is 13.6. The van der Waals surface area contributed by atoms with Gasteiger partial charge in [-0.2, -0.15) is 5.26 Å². The Morgan fingerprint density at radius 3 is 2.55 bits per heavy atom. The van der Waals surface area contributed by atoms with Crippen LogP contribution in [0.1, 0.15) is 72.7 Å². The van der Waals surface area contributed by atoms with E-state index in [-0.39, 0.29) is 36.2 Å². The minimum absolute atomic E-state index is 0.000942. The number of halogens is 2. The molecule has 3 heterocycles. The first kappa shape index (κ1) is 26.6. The zero-order valence-corrected chi connectivity index (χ0v) is 22.5. The summed E-state index contributed by atoms with van der Waals surface area (Å²) in [7, 11) is 0. The molecule has 3 N–H and O–H groups in total. The summed E-state index contributed by atoms with van der Waals surface area (Å²) in [4.78, 5) is 15.5. The van der Waals surface area contributed by atoms with Crippen molar-refractivity contribution in [3.63, 3.8) is 0 Å². The second kappa shape index (κ2) is 9.77. The van der Waals surface area contributed by atoms with Crippen LogP contribution in [0.2, 0.25) is 0 Å². The van der Waals surface area contributed by atoms with Crippen molar-refractivity contribution in [2.24, 2.45) is 5.73 Å². The van der Waals surface area contributed by atoms with Gasteiger partial charge in [0.25, 0.3) is 5.91 Å². The number of carbonyl (C=O) groups excluding carboxylic acids is 1. The zero-order chi connectivity index (χ0) is 28.3. The number of nitrogens with zero attached hydrogens (tertiary/aromatic N) is 2. The molecule has 4 atom stereocenters. The Morgan fingerprint density at radius 2 is 1.90 bits per heavy atom. The van der Waals surface area contributed by atoms with Crippen LogP contribution in [-0.4, -0.2) is 39.6 Å². The molecule has 3 aliphatic rings. The number of ether oxygens (including phenoxy) is 1. The van der Waals surface area contributed by atoms with E-state index in [1.165, 1.54) is 18.2 Å². The van der Waals surface area contributed by atoms with Gasteiger partial charge in [0.1, 0.15) is 17.7 Å². The van der Waals surface area contributed by atoms with E-state index in [0.717, 1.165) is 24.8 Å². The number of aliphatic hydroxyl groups is 1. The van der Waals surface area contributed by atoms with E-state index in [9.17, 15) is 19.6 Å². The zero-order valence-electron chi connectivity index (χ0n) is 22.5. The monoisotopic (exact) mass is 543 g/mol. The highest BCUT2D eigenvalue weighted by Gasteiger charge is 2.47. The molecule has 6 rings (SSSR count). The lowest BCUT2D eigenvalue weighted by molar-refractivity contribution is -0.0146. The first-order chi connectivity index (χ1) is 19.0. The first-order valence-corrected chi connectivity index (χ1v) is 13.6. The summed E-state index contributed by atoms with van der Waals surface area (Å²) < 4.78 is 36.4. The quantitative estimate of drug-likeness (QED) is 0.436. The average Bonchev–Trinajstić information content (AvgIpc) is 3.59. The number of carbonyl (C=O) groups is 1. The van der Waals surface area contributed by atoms with Crippen LogP contribution in [0.3, 0.4) is 0 Å². The molecule has 3 aromatic carbocycles. The van der Waals surface area contributed by atoms with Gasteiger partial charge >= 0.3 is 0 Å². The Hall–Kier alpha value is -3.64. The highest BCUT2D eigenvalue weighted by molar-refractivity contribution is 5.98. The molecule has 3 aliphatic heterocycles. The molecule has 40 heavy (non-hydrogen) atoms. The van der Waals surface area contributed by atoms with Crippen LogP contribution in [-0.2, 0) is 11.3 Å². The topological polar surface area (TPSA) is 99.6 Å². The normalized spacial score (nSPS) is 23.4.